The number of carbonyl (C=O) groups excluding carboxylic acids is 7. The van der Waals surface area contributed by atoms with Crippen LogP contribution in [-0.2, 0) is 68.8 Å². The molecule has 0 radical (unpaired) electrons. The summed E-state index contributed by atoms with van der Waals surface area (Å²) in [6.07, 6.45) is 4.17. The number of amides is 7. The molecule has 27 nitrogen and oxygen atoms in total. The molecule has 0 spiro atoms. The van der Waals surface area contributed by atoms with Crippen LogP contribution in [0.3, 0.4) is 0 Å². The quantitative estimate of drug-likeness (QED) is 0.0122. The number of aliphatic carboxylic acids is 2. The highest BCUT2D eigenvalue weighted by atomic mass is 16.4. The summed E-state index contributed by atoms with van der Waals surface area (Å²) in [6, 6.07) is 11.2. The number of nitrogens with one attached hydrogen (secondary N) is 9. The molecular weight excluding hydrogens is 1040 g/mol. The van der Waals surface area contributed by atoms with Crippen LogP contribution < -0.4 is 60.2 Å². The first-order chi connectivity index (χ1) is 38.3. The second-order valence-electron chi connectivity index (χ2n) is 18.8. The van der Waals surface area contributed by atoms with Gasteiger partial charge in [-0.15, -0.1) is 0 Å². The van der Waals surface area contributed by atoms with E-state index in [1.54, 1.807) is 36.5 Å². The van der Waals surface area contributed by atoms with Gasteiger partial charge in [0, 0.05) is 61.2 Å². The fraction of sp³-hybridized carbons (Fsp3) is 0.377. The van der Waals surface area contributed by atoms with Crippen molar-refractivity contribution in [3.63, 3.8) is 0 Å². The first kappa shape index (κ1) is 61.5. The van der Waals surface area contributed by atoms with Crippen LogP contribution in [0, 0.1) is 0 Å². The molecule has 2 heterocycles. The Bertz CT molecular complexity index is 2910. The van der Waals surface area contributed by atoms with Gasteiger partial charge in [0.15, 0.2) is 5.96 Å². The van der Waals surface area contributed by atoms with E-state index in [0.29, 0.717) is 41.6 Å². The third kappa shape index (κ3) is 20.2. The molecule has 27 heteroatoms. The first-order valence-corrected chi connectivity index (χ1v) is 25.7. The number of fused-ring (bicyclic) bond motifs is 1. The van der Waals surface area contributed by atoms with Crippen molar-refractivity contribution in [2.24, 2.45) is 27.9 Å². The topological polar surface area (TPSA) is 459 Å². The van der Waals surface area contributed by atoms with Gasteiger partial charge in [0.25, 0.3) is 0 Å². The Morgan fingerprint density at radius 2 is 1.19 bits per heavy atom. The summed E-state index contributed by atoms with van der Waals surface area (Å²) in [4.78, 5) is 136. The molecule has 80 heavy (non-hydrogen) atoms. The van der Waals surface area contributed by atoms with Crippen molar-refractivity contribution in [1.82, 2.24) is 52.2 Å². The molecule has 2 aromatic heterocycles. The van der Waals surface area contributed by atoms with E-state index < -0.39 is 109 Å². The molecule has 0 unspecified atom stereocenters. The minimum absolute atomic E-state index is 0.00994. The number of carboxylic acids is 2. The van der Waals surface area contributed by atoms with Crippen molar-refractivity contribution in [3.8, 4) is 5.75 Å². The van der Waals surface area contributed by atoms with E-state index in [0.717, 1.165) is 10.9 Å². The molecule has 5 aromatic rings. The molecule has 0 aliphatic rings. The summed E-state index contributed by atoms with van der Waals surface area (Å²) in [5.41, 5.74) is 25.5. The zero-order valence-electron chi connectivity index (χ0n) is 43.7. The van der Waals surface area contributed by atoms with Crippen LogP contribution >= 0.6 is 0 Å². The Hall–Kier alpha value is -9.37. The summed E-state index contributed by atoms with van der Waals surface area (Å²) in [5, 5.41) is 47.9. The van der Waals surface area contributed by atoms with Gasteiger partial charge in [-0.1, -0.05) is 60.7 Å². The number of rotatable bonds is 33. The standard InChI is InChI=1S/C53H69N15O12/c54-19-7-6-14-38(64-49(76)40(23-32-26-60-37-13-5-4-11-35(32)37)65-46(73)36(55)12-8-20-59-53(56)57)47(74)61-28-44(70)63-41(24-33-27-58-29-62-33)50(77)66-39(21-30-9-2-1-3-10-30)48(75)67-42(25-45(71)72)51(78)68-43(52(79)80)22-31-15-17-34(69)18-16-31/h1-5,9-11,13,15-18,26-27,29,36,38-43,60,69H,6-8,12,14,19-25,28,54-55H2,(H,58,62)(H,61,74)(H,63,70)(H,64,76)(H,65,73)(H,66,77)(H,67,75)(H,68,78)(H,71,72)(H,79,80)(H4,56,57,59)/t36-,38-,39-,40-,41-,42-,43-/m0/s1. The maximum atomic E-state index is 14.3. The van der Waals surface area contributed by atoms with Crippen molar-refractivity contribution < 1.29 is 58.5 Å². The van der Waals surface area contributed by atoms with E-state index >= 15 is 0 Å². The Balaban J connectivity index is 1.31. The van der Waals surface area contributed by atoms with E-state index in [-0.39, 0.29) is 63.3 Å². The Morgan fingerprint density at radius 3 is 1.84 bits per heavy atom. The van der Waals surface area contributed by atoms with Gasteiger partial charge in [0.1, 0.15) is 42.0 Å². The Labute approximate surface area is 459 Å². The lowest BCUT2D eigenvalue weighted by atomic mass is 10.0. The average molecular weight is 1110 g/mol. The van der Waals surface area contributed by atoms with Gasteiger partial charge in [-0.25, -0.2) is 9.78 Å². The zero-order chi connectivity index (χ0) is 58.1. The van der Waals surface area contributed by atoms with E-state index in [4.69, 9.17) is 22.9 Å². The number of para-hydroxylation sites is 1. The van der Waals surface area contributed by atoms with Gasteiger partial charge >= 0.3 is 11.9 Å². The second-order valence-corrected chi connectivity index (χ2v) is 18.8. The number of hydrogen-bond acceptors (Lipinski definition) is 14. The number of phenols is 1. The van der Waals surface area contributed by atoms with E-state index in [9.17, 15) is 58.5 Å². The zero-order valence-corrected chi connectivity index (χ0v) is 43.7. The highest BCUT2D eigenvalue weighted by Gasteiger charge is 2.34. The maximum Gasteiger partial charge on any atom is 0.326 e. The molecule has 428 valence electrons. The number of benzene rings is 3. The number of aromatic amines is 2. The van der Waals surface area contributed by atoms with Crippen LogP contribution in [0.15, 0.2) is 103 Å². The molecule has 20 N–H and O–H groups in total. The predicted octanol–water partition coefficient (Wildman–Crippen LogP) is -2.04. The van der Waals surface area contributed by atoms with Gasteiger partial charge in [-0.05, 0) is 73.5 Å². The molecule has 5 rings (SSSR count). The number of guanidine groups is 1. The number of aromatic nitrogens is 3. The van der Waals surface area contributed by atoms with Crippen molar-refractivity contribution in [1.29, 1.82) is 0 Å². The summed E-state index contributed by atoms with van der Waals surface area (Å²) >= 11 is 0. The highest BCUT2D eigenvalue weighted by molar-refractivity contribution is 5.98. The molecule has 0 aliphatic heterocycles. The number of unbranched alkanes of at least 4 members (excludes halogenated alkanes) is 1. The van der Waals surface area contributed by atoms with Crippen LogP contribution in [0.1, 0.15) is 60.9 Å². The Morgan fingerprint density at radius 1 is 0.600 bits per heavy atom. The van der Waals surface area contributed by atoms with Gasteiger partial charge in [-0.2, -0.15) is 0 Å². The number of aromatic hydroxyl groups is 1. The average Bonchev–Trinajstić information content (AvgIpc) is 4.13. The number of carbonyl (C=O) groups is 9. The lowest BCUT2D eigenvalue weighted by Crippen LogP contribution is -2.59. The molecule has 0 saturated carbocycles. The monoisotopic (exact) mass is 1110 g/mol. The van der Waals surface area contributed by atoms with Crippen LogP contribution in [-0.4, -0.2) is 151 Å². The molecule has 0 aliphatic carbocycles. The third-order valence-electron chi connectivity index (χ3n) is 12.6. The van der Waals surface area contributed by atoms with Crippen LogP contribution in [0.2, 0.25) is 0 Å². The third-order valence-corrected chi connectivity index (χ3v) is 12.6. The molecule has 7 atom stereocenters. The molecular formula is C53H69N15O12. The second kappa shape index (κ2) is 31.1. The minimum atomic E-state index is -1.84. The van der Waals surface area contributed by atoms with E-state index in [1.165, 1.54) is 36.8 Å². The molecule has 0 bridgehead atoms. The minimum Gasteiger partial charge on any atom is -0.508 e. The van der Waals surface area contributed by atoms with Gasteiger partial charge in [0.05, 0.1) is 25.3 Å². The summed E-state index contributed by atoms with van der Waals surface area (Å²) in [6.45, 7) is -0.227. The number of hydrogen-bond donors (Lipinski definition) is 16. The number of nitrogens with zero attached hydrogens (tertiary/aromatic N) is 2. The Kier molecular flexibility index (Phi) is 23.9. The fourth-order valence-electron chi connectivity index (χ4n) is 8.38. The molecule has 7 amide bonds. The summed E-state index contributed by atoms with van der Waals surface area (Å²) in [5.74, 6) is -9.38. The van der Waals surface area contributed by atoms with E-state index in [2.05, 4.69) is 57.2 Å². The lowest BCUT2D eigenvalue weighted by Gasteiger charge is -2.26. The van der Waals surface area contributed by atoms with Crippen LogP contribution in [0.4, 0.5) is 0 Å². The SMILES string of the molecule is NCCCC[C@H](NC(=O)[C@H](Cc1c[nH]c2ccccc12)NC(=O)[C@@H](N)CCCN=C(N)N)C(=O)NCC(=O)N[C@@H](Cc1cnc[nH]1)C(=O)N[C@@H](Cc1ccccc1)C(=O)N[C@@H](CC(=O)O)C(=O)N[C@@H](Cc1ccc(O)cc1)C(=O)O. The molecule has 0 fully saturated rings. The van der Waals surface area contributed by atoms with Gasteiger partial charge in [0.2, 0.25) is 41.4 Å². The van der Waals surface area contributed by atoms with Crippen molar-refractivity contribution >= 4 is 70.2 Å². The van der Waals surface area contributed by atoms with Crippen LogP contribution in [0.5, 0.6) is 5.75 Å². The van der Waals surface area contributed by atoms with Gasteiger partial charge in [-0.3, -0.25) is 43.3 Å². The maximum absolute atomic E-state index is 14.3. The largest absolute Gasteiger partial charge is 0.508 e. The number of carboxylic acid groups (broad SMARTS) is 2. The van der Waals surface area contributed by atoms with Crippen molar-refractivity contribution in [2.75, 3.05) is 19.6 Å². The van der Waals surface area contributed by atoms with Gasteiger partial charge < -0.3 is 85.4 Å². The normalized spacial score (nSPS) is 13.6. The molecule has 3 aromatic carbocycles. The van der Waals surface area contributed by atoms with Crippen molar-refractivity contribution in [3.05, 3.63) is 120 Å². The lowest BCUT2D eigenvalue weighted by molar-refractivity contribution is -0.143. The number of imidazole rings is 1. The van der Waals surface area contributed by atoms with Crippen molar-refractivity contribution in [2.45, 2.75) is 107 Å². The summed E-state index contributed by atoms with van der Waals surface area (Å²) < 4.78 is 0. The first-order valence-electron chi connectivity index (χ1n) is 25.7. The fourth-order valence-corrected chi connectivity index (χ4v) is 8.38. The number of phenolic OH excluding ortho intramolecular Hbond substituents is 1. The number of aliphatic imine (C=N–C) groups is 1. The highest BCUT2D eigenvalue weighted by Crippen LogP contribution is 2.20. The predicted molar refractivity (Wildman–Crippen MR) is 292 cm³/mol. The molecule has 0 saturated heterocycles. The van der Waals surface area contributed by atoms with E-state index in [1.807, 2.05) is 24.3 Å². The number of H-pyrrole nitrogens is 2. The smallest absolute Gasteiger partial charge is 0.326 e. The summed E-state index contributed by atoms with van der Waals surface area (Å²) in [7, 11) is 0. The number of nitrogens with two attached hydrogens (primary N) is 4. The van der Waals surface area contributed by atoms with Crippen LogP contribution in [0.25, 0.3) is 10.9 Å².